The molecule has 0 fully saturated rings. The van der Waals surface area contributed by atoms with E-state index in [0.29, 0.717) is 5.56 Å². The van der Waals surface area contributed by atoms with Crippen molar-refractivity contribution in [2.75, 3.05) is 11.9 Å². The van der Waals surface area contributed by atoms with Gasteiger partial charge in [0.25, 0.3) is 0 Å². The van der Waals surface area contributed by atoms with Crippen LogP contribution in [0.3, 0.4) is 0 Å². The van der Waals surface area contributed by atoms with E-state index in [-0.39, 0.29) is 65.5 Å². The molecule has 222 valence electrons. The predicted molar refractivity (Wildman–Crippen MR) is 153 cm³/mol. The van der Waals surface area contributed by atoms with Crippen molar-refractivity contribution in [1.29, 1.82) is 0 Å². The highest BCUT2D eigenvalue weighted by Gasteiger charge is 2.65. The van der Waals surface area contributed by atoms with Crippen molar-refractivity contribution in [3.8, 4) is 5.75 Å². The van der Waals surface area contributed by atoms with E-state index in [1.165, 1.54) is 0 Å². The molecule has 0 saturated heterocycles. The maximum absolute atomic E-state index is 14.3. The zero-order valence-corrected chi connectivity index (χ0v) is 25.0. The zero-order valence-electron chi connectivity index (χ0n) is 25.0. The smallest absolute Gasteiger partial charge is 0.209 e. The first-order chi connectivity index (χ1) is 18.9. The summed E-state index contributed by atoms with van der Waals surface area (Å²) < 4.78 is 0. The van der Waals surface area contributed by atoms with Crippen LogP contribution in [0.1, 0.15) is 89.2 Å². The Labute approximate surface area is 240 Å². The number of carbonyl (C=O) groups excluding carboxylic acids is 4. The van der Waals surface area contributed by atoms with Gasteiger partial charge in [-0.15, -0.1) is 0 Å². The number of nitrogens with one attached hydrogen (secondary N) is 1. The van der Waals surface area contributed by atoms with Gasteiger partial charge in [-0.25, -0.2) is 0 Å². The quantitative estimate of drug-likeness (QED) is 0.232. The number of phenols is 1. The van der Waals surface area contributed by atoms with Gasteiger partial charge < -0.3 is 25.7 Å². The molecule has 0 spiro atoms. The third-order valence-corrected chi connectivity index (χ3v) is 9.24. The Bertz CT molecular complexity index is 1430. The summed E-state index contributed by atoms with van der Waals surface area (Å²) in [5, 5.41) is 49.0. The first kappa shape index (κ1) is 30.5. The first-order valence-corrected chi connectivity index (χ1v) is 14.2. The number of aromatic hydroxyl groups is 1. The van der Waals surface area contributed by atoms with Crippen LogP contribution in [0.25, 0.3) is 0 Å². The summed E-state index contributed by atoms with van der Waals surface area (Å²) in [6.45, 7) is 13.8. The molecule has 1 aromatic rings. The van der Waals surface area contributed by atoms with Crippen molar-refractivity contribution in [2.24, 2.45) is 29.1 Å². The lowest BCUT2D eigenvalue weighted by Gasteiger charge is -2.53. The van der Waals surface area contributed by atoms with Crippen LogP contribution >= 0.6 is 0 Å². The molecule has 0 aromatic heterocycles. The van der Waals surface area contributed by atoms with Crippen LogP contribution in [-0.2, 0) is 20.8 Å². The van der Waals surface area contributed by atoms with Gasteiger partial charge in [0.05, 0.1) is 17.8 Å². The van der Waals surface area contributed by atoms with E-state index in [1.54, 1.807) is 40.7 Å². The molecule has 3 aliphatic rings. The number of carbonyl (C=O) groups is 4. The normalized spacial score (nSPS) is 27.8. The number of benzene rings is 1. The number of hydrogen-bond acceptors (Lipinski definition) is 9. The third kappa shape index (κ3) is 4.40. The Balaban J connectivity index is 1.97. The fourth-order valence-electron chi connectivity index (χ4n) is 7.10. The van der Waals surface area contributed by atoms with Gasteiger partial charge in [-0.2, -0.15) is 0 Å². The van der Waals surface area contributed by atoms with Gasteiger partial charge in [-0.3, -0.25) is 19.2 Å². The summed E-state index contributed by atoms with van der Waals surface area (Å²) in [7, 11) is 0. The van der Waals surface area contributed by atoms with Crippen molar-refractivity contribution < 1.29 is 39.6 Å². The standard InChI is InChI=1S/C32H41NO8/c1-13(2)17-9-20(33-12-21(35)14(3)4)26(36)24-18(17)10-31(8)11-19-22(15(5)6)27(37)23(16(7)34)29(39)32(19,41)30(40)25(31)28(24)38/h9,13-15,19,22,33,36-37,40-41H,10-12H2,1-8H3/t19-,22?,31-,32+/m1/s1. The van der Waals surface area contributed by atoms with Crippen LogP contribution in [0.5, 0.6) is 5.75 Å². The minimum absolute atomic E-state index is 0.0504. The predicted octanol–water partition coefficient (Wildman–Crippen LogP) is 4.72. The molecule has 0 bridgehead atoms. The van der Waals surface area contributed by atoms with Crippen LogP contribution in [-0.4, -0.2) is 55.7 Å². The molecular formula is C32H41NO8. The second-order valence-corrected chi connectivity index (χ2v) is 13.1. The number of aliphatic hydroxyl groups excluding tert-OH is 2. The minimum atomic E-state index is -2.60. The molecule has 0 heterocycles. The van der Waals surface area contributed by atoms with Gasteiger partial charge >= 0.3 is 0 Å². The Morgan fingerprint density at radius 2 is 1.68 bits per heavy atom. The highest BCUT2D eigenvalue weighted by Crippen LogP contribution is 2.60. The topological polar surface area (TPSA) is 161 Å². The van der Waals surface area contributed by atoms with E-state index >= 15 is 0 Å². The molecule has 0 radical (unpaired) electrons. The Kier molecular flexibility index (Phi) is 7.53. The van der Waals surface area contributed by atoms with Crippen molar-refractivity contribution in [3.05, 3.63) is 45.4 Å². The van der Waals surface area contributed by atoms with Gasteiger partial charge in [-0.1, -0.05) is 48.5 Å². The van der Waals surface area contributed by atoms with Crippen molar-refractivity contribution in [2.45, 2.75) is 79.8 Å². The summed E-state index contributed by atoms with van der Waals surface area (Å²) in [4.78, 5) is 52.6. The molecule has 0 saturated carbocycles. The highest BCUT2D eigenvalue weighted by atomic mass is 16.3. The Hall–Kier alpha value is -3.46. The summed E-state index contributed by atoms with van der Waals surface area (Å²) >= 11 is 0. The lowest BCUT2D eigenvalue weighted by atomic mass is 9.51. The van der Waals surface area contributed by atoms with Gasteiger partial charge in [0, 0.05) is 28.7 Å². The average Bonchev–Trinajstić information content (AvgIpc) is 2.84. The largest absolute Gasteiger partial charge is 0.511 e. The van der Waals surface area contributed by atoms with Crippen molar-refractivity contribution in [3.63, 3.8) is 0 Å². The maximum atomic E-state index is 14.3. The van der Waals surface area contributed by atoms with Gasteiger partial charge in [0.2, 0.25) is 5.78 Å². The number of ketones is 4. The van der Waals surface area contributed by atoms with Crippen molar-refractivity contribution in [1.82, 2.24) is 0 Å². The number of hydrogen-bond donors (Lipinski definition) is 5. The number of allylic oxidation sites excluding steroid dienone is 2. The number of rotatable bonds is 7. The molecule has 0 amide bonds. The second-order valence-electron chi connectivity index (χ2n) is 13.1. The zero-order chi connectivity index (χ0) is 30.9. The van der Waals surface area contributed by atoms with Crippen LogP contribution in [0, 0.1) is 29.1 Å². The summed E-state index contributed by atoms with van der Waals surface area (Å²) in [5.41, 5.74) is -2.88. The van der Waals surface area contributed by atoms with Gasteiger partial charge in [0.1, 0.15) is 22.8 Å². The van der Waals surface area contributed by atoms with E-state index in [1.807, 2.05) is 13.8 Å². The number of anilines is 1. The minimum Gasteiger partial charge on any atom is -0.511 e. The average molecular weight is 568 g/mol. The number of phenolic OH excluding ortho intramolecular Hbond substituents is 1. The molecule has 1 aromatic carbocycles. The van der Waals surface area contributed by atoms with E-state index in [4.69, 9.17) is 0 Å². The Morgan fingerprint density at radius 1 is 1.07 bits per heavy atom. The fraction of sp³-hybridized carbons (Fsp3) is 0.562. The third-order valence-electron chi connectivity index (χ3n) is 9.24. The molecule has 9 heteroatoms. The summed E-state index contributed by atoms with van der Waals surface area (Å²) in [6, 6.07) is 1.74. The maximum Gasteiger partial charge on any atom is 0.209 e. The van der Waals surface area contributed by atoms with E-state index < -0.39 is 57.3 Å². The van der Waals surface area contributed by atoms with E-state index in [0.717, 1.165) is 12.5 Å². The number of Topliss-reactive ketones (excluding diaryl/α,β-unsaturated/α-hetero) is 4. The lowest BCUT2D eigenvalue weighted by Crippen LogP contribution is -2.61. The Morgan fingerprint density at radius 3 is 2.20 bits per heavy atom. The SMILES string of the molecule is CC(=O)C1=C(O)C(C(C)C)[C@H]2C[C@@]3(C)Cc4c(C(C)C)cc(NCC(=O)C(C)C)c(O)c4C(=O)C3=C(O)[C@@]2(O)C1=O. The summed E-state index contributed by atoms with van der Waals surface area (Å²) in [6.07, 6.45) is 0.286. The first-order valence-electron chi connectivity index (χ1n) is 14.2. The monoisotopic (exact) mass is 567 g/mol. The molecule has 3 aliphatic carbocycles. The fourth-order valence-corrected chi connectivity index (χ4v) is 7.10. The molecule has 9 nitrogen and oxygen atoms in total. The molecule has 1 unspecified atom stereocenters. The van der Waals surface area contributed by atoms with E-state index in [9.17, 15) is 39.6 Å². The molecule has 41 heavy (non-hydrogen) atoms. The number of aliphatic hydroxyl groups is 3. The highest BCUT2D eigenvalue weighted by molar-refractivity contribution is 6.25. The lowest BCUT2D eigenvalue weighted by molar-refractivity contribution is -0.151. The van der Waals surface area contributed by atoms with E-state index in [2.05, 4.69) is 5.32 Å². The van der Waals surface area contributed by atoms with Crippen LogP contribution < -0.4 is 5.32 Å². The van der Waals surface area contributed by atoms with Gasteiger partial charge in [0.15, 0.2) is 23.0 Å². The van der Waals surface area contributed by atoms with Crippen molar-refractivity contribution >= 4 is 28.8 Å². The second kappa shape index (κ2) is 10.1. The molecule has 4 atom stereocenters. The van der Waals surface area contributed by atoms with Crippen LogP contribution in [0.15, 0.2) is 28.7 Å². The van der Waals surface area contributed by atoms with Crippen LogP contribution in [0.2, 0.25) is 0 Å². The molecular weight excluding hydrogens is 526 g/mol. The molecule has 4 rings (SSSR count). The number of fused-ring (bicyclic) bond motifs is 3. The molecule has 0 aliphatic heterocycles. The van der Waals surface area contributed by atoms with Crippen LogP contribution in [0.4, 0.5) is 5.69 Å². The summed E-state index contributed by atoms with van der Waals surface area (Å²) in [5.74, 6) is -6.74. The molecule has 5 N–H and O–H groups in total. The van der Waals surface area contributed by atoms with Gasteiger partial charge in [-0.05, 0) is 48.8 Å².